The molecule has 4 nitrogen and oxygen atoms in total. The van der Waals surface area contributed by atoms with Gasteiger partial charge in [0, 0.05) is 23.2 Å². The van der Waals surface area contributed by atoms with Crippen LogP contribution in [0.2, 0.25) is 5.02 Å². The molecule has 1 aliphatic heterocycles. The van der Waals surface area contributed by atoms with Crippen molar-refractivity contribution in [2.75, 3.05) is 13.1 Å². The molecule has 1 fully saturated rings. The summed E-state index contributed by atoms with van der Waals surface area (Å²) in [5, 5.41) is 9.74. The van der Waals surface area contributed by atoms with Gasteiger partial charge in [0.05, 0.1) is 10.9 Å². The summed E-state index contributed by atoms with van der Waals surface area (Å²) in [6.45, 7) is 0.375. The van der Waals surface area contributed by atoms with Crippen LogP contribution in [0, 0.1) is 11.7 Å². The van der Waals surface area contributed by atoms with Crippen LogP contribution in [-0.4, -0.2) is 35.0 Å². The van der Waals surface area contributed by atoms with Gasteiger partial charge in [0.15, 0.2) is 0 Å². The highest BCUT2D eigenvalue weighted by Gasteiger charge is 2.37. The second-order valence-corrected chi connectivity index (χ2v) is 6.06. The van der Waals surface area contributed by atoms with Crippen LogP contribution in [0.15, 0.2) is 18.2 Å². The van der Waals surface area contributed by atoms with Gasteiger partial charge in [0.2, 0.25) is 0 Å². The van der Waals surface area contributed by atoms with Crippen molar-refractivity contribution in [2.45, 2.75) is 0 Å². The van der Waals surface area contributed by atoms with Gasteiger partial charge in [-0.2, -0.15) is 0 Å². The Morgan fingerprint density at radius 1 is 1.40 bits per heavy atom. The number of rotatable bonds is 2. The van der Waals surface area contributed by atoms with E-state index in [-0.39, 0.29) is 24.8 Å². The van der Waals surface area contributed by atoms with E-state index in [1.807, 2.05) is 0 Å². The number of amides is 1. The first-order chi connectivity index (χ1) is 9.47. The van der Waals surface area contributed by atoms with Crippen LogP contribution in [0.1, 0.15) is 9.67 Å². The van der Waals surface area contributed by atoms with Crippen LogP contribution >= 0.6 is 22.9 Å². The van der Waals surface area contributed by atoms with E-state index < -0.39 is 11.9 Å². The minimum Gasteiger partial charge on any atom is -0.481 e. The Hall–Kier alpha value is -1.66. The normalized spacial score (nSPS) is 15.4. The summed E-state index contributed by atoms with van der Waals surface area (Å²) in [7, 11) is 0. The molecule has 3 rings (SSSR count). The summed E-state index contributed by atoms with van der Waals surface area (Å²) in [6.07, 6.45) is 0. The molecule has 7 heteroatoms. The van der Waals surface area contributed by atoms with Gasteiger partial charge in [-0.3, -0.25) is 9.59 Å². The van der Waals surface area contributed by atoms with Gasteiger partial charge in [-0.15, -0.1) is 11.3 Å². The van der Waals surface area contributed by atoms with Crippen LogP contribution < -0.4 is 0 Å². The number of hydrogen-bond donors (Lipinski definition) is 1. The predicted molar refractivity (Wildman–Crippen MR) is 73.8 cm³/mol. The summed E-state index contributed by atoms with van der Waals surface area (Å²) >= 11 is 7.28. The second-order valence-electron chi connectivity index (χ2n) is 4.63. The molecule has 1 aliphatic rings. The molecule has 104 valence electrons. The third-order valence-electron chi connectivity index (χ3n) is 3.30. The lowest BCUT2D eigenvalue weighted by atomic mass is 10.0. The number of carboxylic acids is 1. The molecule has 2 aromatic rings. The number of nitrogens with zero attached hydrogens (tertiary/aromatic N) is 1. The summed E-state index contributed by atoms with van der Waals surface area (Å²) in [6, 6.07) is 4.16. The standard InChI is InChI=1S/C13H9ClFNO3S/c14-10-8-2-1-7(15)3-9(8)20-11(10)12(17)16-4-6(5-16)13(18)19/h1-3,6H,4-5H2,(H,18,19). The zero-order valence-electron chi connectivity index (χ0n) is 10.1. The molecule has 1 aromatic carbocycles. The Bertz CT molecular complexity index is 724. The SMILES string of the molecule is O=C(O)C1CN(C(=O)c2sc3cc(F)ccc3c2Cl)C1. The molecule has 0 aliphatic carbocycles. The molecule has 0 saturated carbocycles. The molecule has 0 radical (unpaired) electrons. The van der Waals surface area contributed by atoms with Gasteiger partial charge in [-0.25, -0.2) is 4.39 Å². The van der Waals surface area contributed by atoms with Crippen LogP contribution in [-0.2, 0) is 4.79 Å². The fraction of sp³-hybridized carbons (Fsp3) is 0.231. The van der Waals surface area contributed by atoms with Crippen molar-refractivity contribution in [3.05, 3.63) is 33.9 Å². The van der Waals surface area contributed by atoms with Gasteiger partial charge < -0.3 is 10.0 Å². The number of likely N-dealkylation sites (tertiary alicyclic amines) is 1. The van der Waals surface area contributed by atoms with Crippen LogP contribution in [0.4, 0.5) is 4.39 Å². The molecule has 0 unspecified atom stereocenters. The predicted octanol–water partition coefficient (Wildman–Crippen LogP) is 2.85. The van der Waals surface area contributed by atoms with Crippen molar-refractivity contribution in [3.8, 4) is 0 Å². The first-order valence-electron chi connectivity index (χ1n) is 5.87. The third kappa shape index (κ3) is 2.05. The fourth-order valence-corrected chi connectivity index (χ4v) is 3.63. The lowest BCUT2D eigenvalue weighted by molar-refractivity contribution is -0.146. The van der Waals surface area contributed by atoms with Crippen LogP contribution in [0.3, 0.4) is 0 Å². The fourth-order valence-electron chi connectivity index (χ4n) is 2.12. The van der Waals surface area contributed by atoms with E-state index in [1.54, 1.807) is 0 Å². The number of aliphatic carboxylic acids is 1. The minimum atomic E-state index is -0.904. The first kappa shape index (κ1) is 13.3. The van der Waals surface area contributed by atoms with Crippen molar-refractivity contribution in [1.29, 1.82) is 0 Å². The van der Waals surface area contributed by atoms with Crippen molar-refractivity contribution in [3.63, 3.8) is 0 Å². The summed E-state index contributed by atoms with van der Waals surface area (Å²) in [4.78, 5) is 24.7. The van der Waals surface area contributed by atoms with Crippen molar-refractivity contribution < 1.29 is 19.1 Å². The molecule has 1 amide bonds. The highest BCUT2D eigenvalue weighted by molar-refractivity contribution is 7.21. The molecule has 20 heavy (non-hydrogen) atoms. The summed E-state index contributed by atoms with van der Waals surface area (Å²) in [5.74, 6) is -2.10. The quantitative estimate of drug-likeness (QED) is 0.927. The first-order valence-corrected chi connectivity index (χ1v) is 7.06. The lowest BCUT2D eigenvalue weighted by Crippen LogP contribution is -2.52. The molecular formula is C13H9ClFNO3S. The minimum absolute atomic E-state index is 0.188. The molecule has 0 atom stereocenters. The van der Waals surface area contributed by atoms with E-state index >= 15 is 0 Å². The maximum atomic E-state index is 13.2. The smallest absolute Gasteiger partial charge is 0.310 e. The third-order valence-corrected chi connectivity index (χ3v) is 4.95. The van der Waals surface area contributed by atoms with Crippen molar-refractivity contribution in [2.24, 2.45) is 5.92 Å². The zero-order valence-corrected chi connectivity index (χ0v) is 11.7. The average Bonchev–Trinajstić information content (AvgIpc) is 2.63. The average molecular weight is 314 g/mol. The summed E-state index contributed by atoms with van der Waals surface area (Å²) in [5.41, 5.74) is 0. The number of benzene rings is 1. The molecule has 1 aromatic heterocycles. The highest BCUT2D eigenvalue weighted by atomic mass is 35.5. The summed E-state index contributed by atoms with van der Waals surface area (Å²) < 4.78 is 13.8. The van der Waals surface area contributed by atoms with E-state index in [0.29, 0.717) is 20.0 Å². The van der Waals surface area contributed by atoms with Crippen LogP contribution in [0.5, 0.6) is 0 Å². The van der Waals surface area contributed by atoms with Gasteiger partial charge in [-0.1, -0.05) is 11.6 Å². The van der Waals surface area contributed by atoms with Gasteiger partial charge in [0.1, 0.15) is 10.7 Å². The van der Waals surface area contributed by atoms with E-state index in [0.717, 1.165) is 11.3 Å². The maximum absolute atomic E-state index is 13.2. The topological polar surface area (TPSA) is 57.6 Å². The molecule has 1 saturated heterocycles. The molecule has 2 heterocycles. The van der Waals surface area contributed by atoms with E-state index in [9.17, 15) is 14.0 Å². The number of thiophene rings is 1. The number of fused-ring (bicyclic) bond motifs is 1. The Morgan fingerprint density at radius 2 is 2.10 bits per heavy atom. The maximum Gasteiger partial charge on any atom is 0.310 e. The van der Waals surface area contributed by atoms with E-state index in [4.69, 9.17) is 16.7 Å². The Morgan fingerprint density at radius 3 is 2.75 bits per heavy atom. The van der Waals surface area contributed by atoms with E-state index in [2.05, 4.69) is 0 Å². The highest BCUT2D eigenvalue weighted by Crippen LogP contribution is 2.37. The van der Waals surface area contributed by atoms with Gasteiger partial charge in [-0.05, 0) is 18.2 Å². The molecular weight excluding hydrogens is 305 g/mol. The van der Waals surface area contributed by atoms with Gasteiger partial charge in [0.25, 0.3) is 5.91 Å². The molecule has 0 bridgehead atoms. The van der Waals surface area contributed by atoms with Crippen LogP contribution in [0.25, 0.3) is 10.1 Å². The lowest BCUT2D eigenvalue weighted by Gasteiger charge is -2.36. The monoisotopic (exact) mass is 313 g/mol. The zero-order chi connectivity index (χ0) is 14.4. The number of carbonyl (C=O) groups excluding carboxylic acids is 1. The number of carbonyl (C=O) groups is 2. The van der Waals surface area contributed by atoms with Gasteiger partial charge >= 0.3 is 5.97 Å². The van der Waals surface area contributed by atoms with E-state index in [1.165, 1.54) is 23.1 Å². The van der Waals surface area contributed by atoms with Crippen molar-refractivity contribution in [1.82, 2.24) is 4.90 Å². The Kier molecular flexibility index (Phi) is 3.14. The largest absolute Gasteiger partial charge is 0.481 e. The molecule has 1 N–H and O–H groups in total. The van der Waals surface area contributed by atoms with Crippen molar-refractivity contribution >= 4 is 44.9 Å². The number of halogens is 2. The number of hydrogen-bond acceptors (Lipinski definition) is 3. The molecule has 0 spiro atoms. The Balaban J connectivity index is 1.89. The second kappa shape index (κ2) is 4.71. The number of carboxylic acid groups (broad SMARTS) is 1. The Labute approximate surface area is 122 Å².